The lowest BCUT2D eigenvalue weighted by Crippen LogP contribution is -2.46. The highest BCUT2D eigenvalue weighted by atomic mass is 16.3. The maximum absolute atomic E-state index is 13.1. The van der Waals surface area contributed by atoms with Crippen molar-refractivity contribution >= 4 is 5.91 Å². The van der Waals surface area contributed by atoms with Crippen LogP contribution in [0.15, 0.2) is 48.7 Å². The van der Waals surface area contributed by atoms with Gasteiger partial charge in [0.2, 0.25) is 5.91 Å². The van der Waals surface area contributed by atoms with Crippen LogP contribution in [0.5, 0.6) is 0 Å². The van der Waals surface area contributed by atoms with Crippen molar-refractivity contribution in [2.75, 3.05) is 6.54 Å². The smallest absolute Gasteiger partial charge is 0.229 e. The quantitative estimate of drug-likeness (QED) is 0.926. The van der Waals surface area contributed by atoms with Gasteiger partial charge in [-0.2, -0.15) is 0 Å². The van der Waals surface area contributed by atoms with Crippen LogP contribution >= 0.6 is 0 Å². The molecule has 4 heteroatoms. The second-order valence-electron chi connectivity index (χ2n) is 6.58. The number of rotatable bonds is 2. The van der Waals surface area contributed by atoms with E-state index in [1.165, 1.54) is 0 Å². The third kappa shape index (κ3) is 2.47. The van der Waals surface area contributed by atoms with E-state index < -0.39 is 6.10 Å². The Morgan fingerprint density at radius 3 is 2.61 bits per heavy atom. The van der Waals surface area contributed by atoms with E-state index in [9.17, 15) is 9.90 Å². The molecule has 3 unspecified atom stereocenters. The van der Waals surface area contributed by atoms with E-state index in [1.807, 2.05) is 29.2 Å². The summed E-state index contributed by atoms with van der Waals surface area (Å²) in [6.45, 7) is 1.52. The van der Waals surface area contributed by atoms with Gasteiger partial charge in [0.1, 0.15) is 0 Å². The van der Waals surface area contributed by atoms with Crippen molar-refractivity contribution in [3.63, 3.8) is 0 Å². The van der Waals surface area contributed by atoms with Gasteiger partial charge in [-0.05, 0) is 37.0 Å². The Balaban J connectivity index is 1.72. The Morgan fingerprint density at radius 1 is 1.04 bits per heavy atom. The highest BCUT2D eigenvalue weighted by Gasteiger charge is 2.39. The molecule has 4 nitrogen and oxygen atoms in total. The van der Waals surface area contributed by atoms with Gasteiger partial charge in [0.15, 0.2) is 0 Å². The minimum absolute atomic E-state index is 0.0553. The molecule has 0 radical (unpaired) electrons. The predicted molar refractivity (Wildman–Crippen MR) is 87.8 cm³/mol. The minimum atomic E-state index is -0.479. The fraction of sp³-hybridized carbons (Fsp3) is 0.421. The van der Waals surface area contributed by atoms with Gasteiger partial charge in [-0.1, -0.05) is 30.3 Å². The predicted octanol–water partition coefficient (Wildman–Crippen LogP) is 2.58. The first-order chi connectivity index (χ1) is 11.3. The van der Waals surface area contributed by atoms with E-state index in [2.05, 4.69) is 29.0 Å². The third-order valence-electron chi connectivity index (χ3n) is 5.23. The molecule has 120 valence electrons. The maximum atomic E-state index is 13.1. The van der Waals surface area contributed by atoms with Gasteiger partial charge in [0.25, 0.3) is 0 Å². The van der Waals surface area contributed by atoms with Crippen LogP contribution in [-0.4, -0.2) is 33.1 Å². The molecule has 1 N–H and O–H groups in total. The van der Waals surface area contributed by atoms with Crippen LogP contribution in [0.3, 0.4) is 0 Å². The molecule has 23 heavy (non-hydrogen) atoms. The molecule has 1 aromatic carbocycles. The number of benzene rings is 1. The van der Waals surface area contributed by atoms with Crippen molar-refractivity contribution in [1.82, 2.24) is 9.47 Å². The molecule has 0 bridgehead atoms. The van der Waals surface area contributed by atoms with Gasteiger partial charge in [-0.25, -0.2) is 0 Å². The van der Waals surface area contributed by atoms with Gasteiger partial charge < -0.3 is 14.6 Å². The highest BCUT2D eigenvalue weighted by molar-refractivity contribution is 5.81. The summed E-state index contributed by atoms with van der Waals surface area (Å²) in [5, 5.41) is 10.1. The average molecular weight is 310 g/mol. The topological polar surface area (TPSA) is 45.5 Å². The number of carbonyl (C=O) groups is 1. The van der Waals surface area contributed by atoms with Crippen LogP contribution in [0.2, 0.25) is 0 Å². The van der Waals surface area contributed by atoms with Crippen molar-refractivity contribution in [1.29, 1.82) is 0 Å². The molecule has 1 saturated carbocycles. The summed E-state index contributed by atoms with van der Waals surface area (Å²) in [6, 6.07) is 14.3. The first-order valence-electron chi connectivity index (χ1n) is 8.44. The first-order valence-corrected chi connectivity index (χ1v) is 8.44. The summed E-state index contributed by atoms with van der Waals surface area (Å²) in [5.41, 5.74) is 2.29. The zero-order valence-electron chi connectivity index (χ0n) is 13.1. The molecule has 4 rings (SSSR count). The zero-order valence-corrected chi connectivity index (χ0v) is 13.1. The van der Waals surface area contributed by atoms with Crippen molar-refractivity contribution in [2.45, 2.75) is 38.0 Å². The van der Waals surface area contributed by atoms with E-state index in [0.29, 0.717) is 6.54 Å². The van der Waals surface area contributed by atoms with Crippen LogP contribution in [-0.2, 0) is 11.3 Å². The molecule has 1 aliphatic heterocycles. The van der Waals surface area contributed by atoms with E-state index in [1.54, 1.807) is 0 Å². The fourth-order valence-corrected chi connectivity index (χ4v) is 4.05. The van der Waals surface area contributed by atoms with Crippen LogP contribution in [0.25, 0.3) is 0 Å². The standard InChI is InChI=1S/C19H22N2O2/c22-17-10-4-8-15(17)19(23)21-13-12-20-11-5-9-16(20)18(21)14-6-2-1-3-7-14/h1-3,5-7,9,11,15,17-18,22H,4,8,10,12-13H2. The monoisotopic (exact) mass is 310 g/mol. The number of aliphatic hydroxyl groups is 1. The largest absolute Gasteiger partial charge is 0.392 e. The summed E-state index contributed by atoms with van der Waals surface area (Å²) in [7, 11) is 0. The first kappa shape index (κ1) is 14.5. The van der Waals surface area contributed by atoms with Crippen LogP contribution in [0.4, 0.5) is 0 Å². The Morgan fingerprint density at radius 2 is 1.87 bits per heavy atom. The molecular weight excluding hydrogens is 288 g/mol. The van der Waals surface area contributed by atoms with Crippen LogP contribution in [0.1, 0.15) is 36.6 Å². The summed E-state index contributed by atoms with van der Waals surface area (Å²) in [4.78, 5) is 15.1. The fourth-order valence-electron chi connectivity index (χ4n) is 4.05. The van der Waals surface area contributed by atoms with Gasteiger partial charge >= 0.3 is 0 Å². The Labute approximate surface area is 136 Å². The van der Waals surface area contributed by atoms with Crippen molar-refractivity contribution in [2.24, 2.45) is 5.92 Å². The molecule has 1 fully saturated rings. The number of carbonyl (C=O) groups excluding carboxylic acids is 1. The van der Waals surface area contributed by atoms with Crippen molar-refractivity contribution in [3.05, 3.63) is 59.9 Å². The molecule has 0 spiro atoms. The SMILES string of the molecule is O=C(C1CCCC1O)N1CCn2cccc2C1c1ccccc1. The zero-order chi connectivity index (χ0) is 15.8. The Kier molecular flexibility index (Phi) is 3.69. The minimum Gasteiger partial charge on any atom is -0.392 e. The number of amides is 1. The lowest BCUT2D eigenvalue weighted by atomic mass is 9.96. The highest BCUT2D eigenvalue weighted by Crippen LogP contribution is 2.36. The van der Waals surface area contributed by atoms with E-state index in [-0.39, 0.29) is 17.9 Å². The van der Waals surface area contributed by atoms with Crippen LogP contribution < -0.4 is 0 Å². The number of hydrogen-bond donors (Lipinski definition) is 1. The lowest BCUT2D eigenvalue weighted by molar-refractivity contribution is -0.141. The van der Waals surface area contributed by atoms with Crippen molar-refractivity contribution < 1.29 is 9.90 Å². The summed E-state index contributed by atoms with van der Waals surface area (Å²) in [6.07, 6.45) is 4.10. The van der Waals surface area contributed by atoms with E-state index in [0.717, 1.165) is 37.1 Å². The molecule has 2 heterocycles. The number of hydrogen-bond acceptors (Lipinski definition) is 2. The van der Waals surface area contributed by atoms with Gasteiger partial charge in [0, 0.05) is 25.0 Å². The molecule has 0 saturated heterocycles. The summed E-state index contributed by atoms with van der Waals surface area (Å²) < 4.78 is 2.23. The maximum Gasteiger partial charge on any atom is 0.229 e. The molecule has 1 aromatic heterocycles. The van der Waals surface area contributed by atoms with Gasteiger partial charge in [-0.3, -0.25) is 4.79 Å². The number of aromatic nitrogens is 1. The molecule has 1 amide bonds. The third-order valence-corrected chi connectivity index (χ3v) is 5.23. The van der Waals surface area contributed by atoms with Crippen molar-refractivity contribution in [3.8, 4) is 0 Å². The number of fused-ring (bicyclic) bond motifs is 1. The Hall–Kier alpha value is -2.07. The Bertz CT molecular complexity index is 694. The number of nitrogens with zero attached hydrogens (tertiary/aromatic N) is 2. The lowest BCUT2D eigenvalue weighted by Gasteiger charge is -2.39. The normalized spacial score (nSPS) is 27.0. The van der Waals surface area contributed by atoms with E-state index in [4.69, 9.17) is 0 Å². The average Bonchev–Trinajstić information content (AvgIpc) is 3.22. The second-order valence-corrected chi connectivity index (χ2v) is 6.58. The number of aliphatic hydroxyl groups excluding tert-OH is 1. The van der Waals surface area contributed by atoms with E-state index >= 15 is 0 Å². The molecule has 1 aliphatic carbocycles. The van der Waals surface area contributed by atoms with Gasteiger partial charge in [0.05, 0.1) is 18.1 Å². The molecule has 2 aromatic rings. The van der Waals surface area contributed by atoms with Crippen LogP contribution in [0, 0.1) is 5.92 Å². The second kappa shape index (κ2) is 5.85. The summed E-state index contributed by atoms with van der Waals surface area (Å²) in [5.74, 6) is -0.126. The summed E-state index contributed by atoms with van der Waals surface area (Å²) >= 11 is 0. The van der Waals surface area contributed by atoms with Gasteiger partial charge in [-0.15, -0.1) is 0 Å². The molecule has 3 atom stereocenters. The molecular formula is C19H22N2O2. The molecule has 2 aliphatic rings.